The third-order valence-electron chi connectivity index (χ3n) is 5.97. The smallest absolute Gasteiger partial charge is 0.270 e. The van der Waals surface area contributed by atoms with Crippen molar-refractivity contribution in [3.8, 4) is 0 Å². The van der Waals surface area contributed by atoms with Gasteiger partial charge in [0.2, 0.25) is 0 Å². The summed E-state index contributed by atoms with van der Waals surface area (Å²) in [6.07, 6.45) is 3.73. The van der Waals surface area contributed by atoms with E-state index in [4.69, 9.17) is 15.9 Å². The molecular weight excluding hydrogens is 473 g/mol. The monoisotopic (exact) mass is 499 g/mol. The van der Waals surface area contributed by atoms with Crippen molar-refractivity contribution in [1.29, 1.82) is 0 Å². The van der Waals surface area contributed by atoms with Crippen molar-refractivity contribution < 1.29 is 23.2 Å². The van der Waals surface area contributed by atoms with Crippen molar-refractivity contribution in [1.82, 2.24) is 14.6 Å². The number of benzene rings is 1. The molecule has 0 aliphatic heterocycles. The van der Waals surface area contributed by atoms with Crippen molar-refractivity contribution in [3.63, 3.8) is 0 Å². The number of halogens is 1. The van der Waals surface area contributed by atoms with Gasteiger partial charge >= 0.3 is 0 Å². The van der Waals surface area contributed by atoms with Gasteiger partial charge in [-0.1, -0.05) is 25.0 Å². The number of carbonyl (C=O) groups is 3. The summed E-state index contributed by atoms with van der Waals surface area (Å²) in [5, 5.41) is 3.04. The molecule has 0 unspecified atom stereocenters. The first-order valence-electron chi connectivity index (χ1n) is 11.2. The summed E-state index contributed by atoms with van der Waals surface area (Å²) in [5.74, 6) is -1.48. The Kier molecular flexibility index (Phi) is 7.15. The maximum absolute atomic E-state index is 13.8. The topological polar surface area (TPSA) is 145 Å². The number of nitrogen functional groups attached to an aromatic ring is 1. The number of furan rings is 1. The highest BCUT2D eigenvalue weighted by Crippen LogP contribution is 2.32. The molecule has 0 radical (unpaired) electrons. The highest BCUT2D eigenvalue weighted by molar-refractivity contribution is 7.09. The molecule has 35 heavy (non-hydrogen) atoms. The van der Waals surface area contributed by atoms with Crippen molar-refractivity contribution in [2.24, 2.45) is 5.73 Å². The molecule has 2 heterocycles. The fourth-order valence-corrected chi connectivity index (χ4v) is 4.96. The summed E-state index contributed by atoms with van der Waals surface area (Å²) < 4.78 is 23.3. The van der Waals surface area contributed by atoms with Gasteiger partial charge in [-0.2, -0.15) is 4.37 Å². The molecule has 0 saturated heterocycles. The van der Waals surface area contributed by atoms with Gasteiger partial charge in [-0.25, -0.2) is 4.39 Å². The van der Waals surface area contributed by atoms with Crippen molar-refractivity contribution >= 4 is 34.9 Å². The summed E-state index contributed by atoms with van der Waals surface area (Å²) in [7, 11) is 0. The van der Waals surface area contributed by atoms with Crippen LogP contribution in [0.3, 0.4) is 0 Å². The number of aryl methyl sites for hydroxylation is 1. The zero-order valence-corrected chi connectivity index (χ0v) is 19.9. The molecular formula is C24H26FN5O4S. The lowest BCUT2D eigenvalue weighted by Gasteiger charge is -2.30. The maximum Gasteiger partial charge on any atom is 0.270 e. The third kappa shape index (κ3) is 5.35. The molecule has 0 spiro atoms. The van der Waals surface area contributed by atoms with Crippen LogP contribution in [0.25, 0.3) is 0 Å². The molecule has 3 aromatic rings. The number of carbonyl (C=O) groups excluding carboxylic acids is 3. The Bertz CT molecular complexity index is 1230. The summed E-state index contributed by atoms with van der Waals surface area (Å²) >= 11 is 0.727. The van der Waals surface area contributed by atoms with Gasteiger partial charge in [-0.05, 0) is 61.1 Å². The van der Waals surface area contributed by atoms with Crippen LogP contribution in [0, 0.1) is 12.7 Å². The Morgan fingerprint density at radius 1 is 1.20 bits per heavy atom. The number of hydrogen-bond donors (Lipinski definition) is 3. The van der Waals surface area contributed by atoms with E-state index >= 15 is 0 Å². The van der Waals surface area contributed by atoms with Crippen molar-refractivity contribution in [3.05, 3.63) is 69.9 Å². The van der Waals surface area contributed by atoms with Crippen LogP contribution >= 0.6 is 11.5 Å². The zero-order valence-electron chi connectivity index (χ0n) is 19.1. The molecule has 1 aromatic carbocycles. The second-order valence-electron chi connectivity index (χ2n) is 8.54. The Morgan fingerprint density at radius 2 is 1.89 bits per heavy atom. The number of primary amides is 1. The van der Waals surface area contributed by atoms with E-state index in [1.54, 1.807) is 19.1 Å². The predicted octanol–water partition coefficient (Wildman–Crippen LogP) is 3.31. The first-order valence-corrected chi connectivity index (χ1v) is 12.0. The first-order chi connectivity index (χ1) is 16.7. The molecule has 11 heteroatoms. The van der Waals surface area contributed by atoms with E-state index < -0.39 is 29.6 Å². The fourth-order valence-electron chi connectivity index (χ4n) is 4.20. The van der Waals surface area contributed by atoms with E-state index in [1.165, 1.54) is 29.2 Å². The summed E-state index contributed by atoms with van der Waals surface area (Å²) in [6, 6.07) is 7.81. The molecule has 184 valence electrons. The van der Waals surface area contributed by atoms with Crippen LogP contribution < -0.4 is 16.8 Å². The van der Waals surface area contributed by atoms with Crippen LogP contribution in [-0.4, -0.2) is 33.0 Å². The molecule has 0 bridgehead atoms. The van der Waals surface area contributed by atoms with Gasteiger partial charge in [0.15, 0.2) is 11.7 Å². The van der Waals surface area contributed by atoms with Gasteiger partial charge in [0.1, 0.15) is 22.2 Å². The van der Waals surface area contributed by atoms with E-state index in [-0.39, 0.29) is 34.6 Å². The number of nitrogens with two attached hydrogens (primary N) is 2. The quantitative estimate of drug-likeness (QED) is 0.434. The predicted molar refractivity (Wildman–Crippen MR) is 128 cm³/mol. The lowest BCUT2D eigenvalue weighted by molar-refractivity contribution is -0.127. The Hall–Kier alpha value is -3.73. The van der Waals surface area contributed by atoms with Crippen LogP contribution in [0.2, 0.25) is 0 Å². The molecule has 1 saturated carbocycles. The van der Waals surface area contributed by atoms with Gasteiger partial charge in [0, 0.05) is 12.6 Å². The minimum atomic E-state index is -1.14. The van der Waals surface area contributed by atoms with Crippen LogP contribution in [-0.2, 0) is 11.3 Å². The average molecular weight is 500 g/mol. The molecule has 1 fully saturated rings. The van der Waals surface area contributed by atoms with Gasteiger partial charge in [-0.3, -0.25) is 14.4 Å². The fraction of sp³-hybridized carbons (Fsp3) is 0.333. The maximum atomic E-state index is 13.8. The summed E-state index contributed by atoms with van der Waals surface area (Å²) in [5.41, 5.74) is 11.6. The van der Waals surface area contributed by atoms with E-state index in [9.17, 15) is 18.8 Å². The molecule has 9 nitrogen and oxygen atoms in total. The lowest BCUT2D eigenvalue weighted by atomic mass is 10.1. The first kappa shape index (κ1) is 24.4. The largest absolute Gasteiger partial charge is 0.464 e. The van der Waals surface area contributed by atoms with Gasteiger partial charge in [0.05, 0.1) is 5.69 Å². The minimum absolute atomic E-state index is 0.00114. The van der Waals surface area contributed by atoms with E-state index in [2.05, 4.69) is 9.69 Å². The average Bonchev–Trinajstić information content (AvgIpc) is 3.56. The highest BCUT2D eigenvalue weighted by Gasteiger charge is 2.37. The van der Waals surface area contributed by atoms with Gasteiger partial charge < -0.3 is 26.1 Å². The molecule has 4 rings (SSSR count). The van der Waals surface area contributed by atoms with Crippen molar-refractivity contribution in [2.75, 3.05) is 5.73 Å². The second kappa shape index (κ2) is 10.3. The number of nitrogens with zero attached hydrogens (tertiary/aromatic N) is 2. The Morgan fingerprint density at radius 3 is 2.46 bits per heavy atom. The molecule has 2 aromatic heterocycles. The Labute approximate surface area is 205 Å². The van der Waals surface area contributed by atoms with E-state index in [0.717, 1.165) is 37.2 Å². The van der Waals surface area contributed by atoms with Crippen LogP contribution in [0.5, 0.6) is 0 Å². The van der Waals surface area contributed by atoms with E-state index in [0.29, 0.717) is 11.3 Å². The van der Waals surface area contributed by atoms with Gasteiger partial charge in [-0.15, -0.1) is 0 Å². The molecule has 1 aliphatic carbocycles. The standard InChI is InChI=1S/C24H26FN5O4S/c1-13-6-11-17(34-13)20(23(32)28-16-4-2-3-5-16)30(12-14-7-9-15(25)10-8-14)24(33)21-18(26)19(22(27)31)29-35-21/h6-11,16,20H,2-5,12,26H2,1H3,(H2,27,31)(H,28,32)/t20-/m0/s1. The SMILES string of the molecule is Cc1ccc([C@@H](C(=O)NC2CCCC2)N(Cc2ccc(F)cc2)C(=O)c2snc(C(N)=O)c2N)o1. The zero-order chi connectivity index (χ0) is 25.1. The molecule has 1 atom stereocenters. The number of aromatic nitrogens is 1. The number of rotatable bonds is 8. The molecule has 5 N–H and O–H groups in total. The molecule has 1 aliphatic rings. The number of amides is 3. The summed E-state index contributed by atoms with van der Waals surface area (Å²) in [6.45, 7) is 1.69. The minimum Gasteiger partial charge on any atom is -0.464 e. The van der Waals surface area contributed by atoms with Gasteiger partial charge in [0.25, 0.3) is 17.7 Å². The summed E-state index contributed by atoms with van der Waals surface area (Å²) in [4.78, 5) is 40.3. The highest BCUT2D eigenvalue weighted by atomic mass is 32.1. The third-order valence-corrected chi connectivity index (χ3v) is 6.83. The normalized spacial score (nSPS) is 14.6. The molecule has 3 amide bonds. The van der Waals surface area contributed by atoms with Crippen LogP contribution in [0.15, 0.2) is 40.8 Å². The lowest BCUT2D eigenvalue weighted by Crippen LogP contribution is -2.45. The van der Waals surface area contributed by atoms with Crippen LogP contribution in [0.1, 0.15) is 69.0 Å². The Balaban J connectivity index is 1.77. The van der Waals surface area contributed by atoms with Crippen molar-refractivity contribution in [2.45, 2.75) is 51.2 Å². The van der Waals surface area contributed by atoms with E-state index in [1.807, 2.05) is 0 Å². The number of anilines is 1. The second-order valence-corrected chi connectivity index (χ2v) is 9.31. The van der Waals surface area contributed by atoms with Crippen LogP contribution in [0.4, 0.5) is 10.1 Å². The number of nitrogens with one attached hydrogen (secondary N) is 1. The number of hydrogen-bond acceptors (Lipinski definition) is 7.